The number of likely N-dealkylation sites (N-methyl/N-ethyl adjacent to an activating group) is 1. The lowest BCUT2D eigenvalue weighted by Gasteiger charge is -2.38. The number of urea groups is 1. The number of carbonyl (C=O) groups is 2. The Morgan fingerprint density at radius 2 is 1.90 bits per heavy atom. The molecular formula is C29H34FN5O4. The summed E-state index contributed by atoms with van der Waals surface area (Å²) in [6, 6.07) is 13.4. The van der Waals surface area contributed by atoms with E-state index >= 15 is 0 Å². The molecule has 39 heavy (non-hydrogen) atoms. The number of para-hydroxylation sites is 1. The molecule has 3 N–H and O–H groups in total. The van der Waals surface area contributed by atoms with Gasteiger partial charge >= 0.3 is 6.03 Å². The van der Waals surface area contributed by atoms with Crippen LogP contribution in [0.1, 0.15) is 29.8 Å². The van der Waals surface area contributed by atoms with E-state index < -0.39 is 17.9 Å². The zero-order chi connectivity index (χ0) is 27.9. The third-order valence-electron chi connectivity index (χ3n) is 6.73. The van der Waals surface area contributed by atoms with Crippen LogP contribution in [0.15, 0.2) is 67.0 Å². The quantitative estimate of drug-likeness (QED) is 0.399. The van der Waals surface area contributed by atoms with E-state index in [0.29, 0.717) is 36.6 Å². The van der Waals surface area contributed by atoms with Gasteiger partial charge in [-0.15, -0.1) is 0 Å². The number of ether oxygens (including phenoxy) is 1. The number of aliphatic hydroxyl groups excluding tert-OH is 1. The number of benzene rings is 2. The van der Waals surface area contributed by atoms with Crippen LogP contribution in [0.25, 0.3) is 0 Å². The first kappa shape index (κ1) is 28.0. The Morgan fingerprint density at radius 1 is 1.18 bits per heavy atom. The number of aromatic nitrogens is 1. The zero-order valence-electron chi connectivity index (χ0n) is 22.3. The molecule has 0 spiro atoms. The van der Waals surface area contributed by atoms with E-state index in [1.807, 2.05) is 26.1 Å². The molecule has 2 aromatic carbocycles. The molecule has 0 saturated carbocycles. The topological polar surface area (TPSA) is 107 Å². The first-order chi connectivity index (χ1) is 18.7. The Hall–Kier alpha value is -4.02. The van der Waals surface area contributed by atoms with Gasteiger partial charge in [-0.05, 0) is 68.1 Å². The summed E-state index contributed by atoms with van der Waals surface area (Å²) in [6.07, 6.45) is 3.17. The number of fused-ring (bicyclic) bond motifs is 1. The molecule has 0 aliphatic carbocycles. The molecule has 10 heteroatoms. The normalized spacial score (nSPS) is 18.0. The van der Waals surface area contributed by atoms with Crippen molar-refractivity contribution in [1.82, 2.24) is 14.8 Å². The minimum absolute atomic E-state index is 0.0860. The van der Waals surface area contributed by atoms with Crippen molar-refractivity contribution in [2.24, 2.45) is 5.92 Å². The van der Waals surface area contributed by atoms with Crippen molar-refractivity contribution in [2.45, 2.75) is 32.5 Å². The van der Waals surface area contributed by atoms with Gasteiger partial charge in [-0.3, -0.25) is 14.7 Å². The van der Waals surface area contributed by atoms with Gasteiger partial charge in [0.2, 0.25) is 0 Å². The summed E-state index contributed by atoms with van der Waals surface area (Å²) in [7, 11) is 2.00. The highest BCUT2D eigenvalue weighted by Gasteiger charge is 2.34. The maximum atomic E-state index is 13.6. The lowest BCUT2D eigenvalue weighted by molar-refractivity contribution is 0.0343. The highest BCUT2D eigenvalue weighted by atomic mass is 19.1. The molecule has 0 fully saturated rings. The van der Waals surface area contributed by atoms with Crippen molar-refractivity contribution in [3.8, 4) is 5.75 Å². The van der Waals surface area contributed by atoms with Crippen LogP contribution in [0.5, 0.6) is 5.75 Å². The largest absolute Gasteiger partial charge is 0.486 e. The van der Waals surface area contributed by atoms with Crippen LogP contribution in [0, 0.1) is 11.7 Å². The van der Waals surface area contributed by atoms with Crippen LogP contribution in [0.2, 0.25) is 0 Å². The van der Waals surface area contributed by atoms with Gasteiger partial charge in [0.1, 0.15) is 11.9 Å². The average Bonchev–Trinajstić information content (AvgIpc) is 2.92. The van der Waals surface area contributed by atoms with Crippen LogP contribution in [0.3, 0.4) is 0 Å². The first-order valence-electron chi connectivity index (χ1n) is 12.9. The molecule has 0 radical (unpaired) electrons. The number of anilines is 2. The molecule has 4 rings (SSSR count). The molecule has 3 amide bonds. The minimum Gasteiger partial charge on any atom is -0.486 e. The maximum Gasteiger partial charge on any atom is 0.323 e. The number of nitrogens with zero attached hydrogens (tertiary/aromatic N) is 3. The summed E-state index contributed by atoms with van der Waals surface area (Å²) >= 11 is 0. The predicted octanol–water partition coefficient (Wildman–Crippen LogP) is 4.22. The Kier molecular flexibility index (Phi) is 9.11. The molecule has 0 unspecified atom stereocenters. The molecule has 1 aliphatic heterocycles. The Balaban J connectivity index is 1.62. The van der Waals surface area contributed by atoms with Crippen LogP contribution in [0.4, 0.5) is 20.6 Å². The summed E-state index contributed by atoms with van der Waals surface area (Å²) < 4.78 is 19.8. The Morgan fingerprint density at radius 3 is 2.59 bits per heavy atom. The van der Waals surface area contributed by atoms with Gasteiger partial charge in [0.15, 0.2) is 5.75 Å². The highest BCUT2D eigenvalue weighted by molar-refractivity contribution is 6.04. The number of aliphatic hydroxyl groups is 1. The monoisotopic (exact) mass is 535 g/mol. The van der Waals surface area contributed by atoms with Gasteiger partial charge in [-0.2, -0.15) is 0 Å². The maximum absolute atomic E-state index is 13.6. The molecule has 0 bridgehead atoms. The highest BCUT2D eigenvalue weighted by Crippen LogP contribution is 2.35. The molecule has 0 saturated heterocycles. The van der Waals surface area contributed by atoms with E-state index in [1.165, 1.54) is 24.3 Å². The number of nitrogens with one attached hydrogen (secondary N) is 2. The van der Waals surface area contributed by atoms with E-state index in [2.05, 4.69) is 20.5 Å². The standard InChI is InChI=1S/C29H34FN5O4/c1-19-15-35(20(2)18-36)28(37)24-5-4-6-25(33-29(38)32-23-9-7-22(30)8-10-23)27(24)39-26(19)17-34(3)16-21-11-13-31-14-12-21/h4-14,19-20,26,36H,15-18H2,1-3H3,(H2,32,33,38)/t19-,20+,26-/m0/s1. The van der Waals surface area contributed by atoms with Crippen molar-refractivity contribution >= 4 is 23.3 Å². The third kappa shape index (κ3) is 7.10. The number of amides is 3. The molecule has 1 aromatic heterocycles. The molecule has 206 valence electrons. The number of carbonyl (C=O) groups excluding carboxylic acids is 2. The fourth-order valence-electron chi connectivity index (χ4n) is 4.55. The van der Waals surface area contributed by atoms with Crippen molar-refractivity contribution in [1.29, 1.82) is 0 Å². The van der Waals surface area contributed by atoms with Gasteiger partial charge < -0.3 is 25.4 Å². The molecule has 3 aromatic rings. The molecule has 3 atom stereocenters. The number of rotatable bonds is 8. The first-order valence-corrected chi connectivity index (χ1v) is 12.9. The second-order valence-electron chi connectivity index (χ2n) is 9.94. The van der Waals surface area contributed by atoms with Gasteiger partial charge in [0, 0.05) is 43.6 Å². The number of hydrogen-bond acceptors (Lipinski definition) is 6. The summed E-state index contributed by atoms with van der Waals surface area (Å²) in [4.78, 5) is 34.3. The summed E-state index contributed by atoms with van der Waals surface area (Å²) in [5.74, 6) is -0.518. The summed E-state index contributed by atoms with van der Waals surface area (Å²) in [6.45, 7) is 5.26. The minimum atomic E-state index is -0.562. The fourth-order valence-corrected chi connectivity index (χ4v) is 4.55. The number of pyridine rings is 1. The molecule has 1 aliphatic rings. The Bertz CT molecular complexity index is 1270. The lowest BCUT2D eigenvalue weighted by atomic mass is 9.99. The summed E-state index contributed by atoms with van der Waals surface area (Å²) in [5, 5.41) is 15.3. The van der Waals surface area contributed by atoms with Gasteiger partial charge in [-0.1, -0.05) is 13.0 Å². The van der Waals surface area contributed by atoms with E-state index in [4.69, 9.17) is 4.74 Å². The van der Waals surface area contributed by atoms with Gasteiger partial charge in [0.05, 0.1) is 23.9 Å². The molecular weight excluding hydrogens is 501 g/mol. The van der Waals surface area contributed by atoms with Crippen molar-refractivity contribution < 1.29 is 23.8 Å². The van der Waals surface area contributed by atoms with Crippen LogP contribution in [-0.2, 0) is 6.54 Å². The van der Waals surface area contributed by atoms with Crippen LogP contribution >= 0.6 is 0 Å². The van der Waals surface area contributed by atoms with Crippen molar-refractivity contribution in [2.75, 3.05) is 37.4 Å². The zero-order valence-corrected chi connectivity index (χ0v) is 22.3. The third-order valence-corrected chi connectivity index (χ3v) is 6.73. The van der Waals surface area contributed by atoms with Crippen LogP contribution < -0.4 is 15.4 Å². The van der Waals surface area contributed by atoms with Crippen molar-refractivity contribution in [3.05, 3.63) is 83.9 Å². The number of halogens is 1. The van der Waals surface area contributed by atoms with Crippen molar-refractivity contribution in [3.63, 3.8) is 0 Å². The predicted molar refractivity (Wildman–Crippen MR) is 147 cm³/mol. The second-order valence-corrected chi connectivity index (χ2v) is 9.94. The Labute approximate surface area is 227 Å². The SMILES string of the molecule is C[C@H](CO)N1C[C@H](C)[C@H](CN(C)Cc2ccncc2)Oc2c(NC(=O)Nc3ccc(F)cc3)cccc2C1=O. The fraction of sp³-hybridized carbons (Fsp3) is 0.345. The van der Waals surface area contributed by atoms with E-state index in [9.17, 15) is 19.1 Å². The van der Waals surface area contributed by atoms with Crippen LogP contribution in [-0.4, -0.2) is 70.7 Å². The molecule has 2 heterocycles. The van der Waals surface area contributed by atoms with E-state index in [-0.39, 0.29) is 30.3 Å². The smallest absolute Gasteiger partial charge is 0.323 e. The summed E-state index contributed by atoms with van der Waals surface area (Å²) in [5.41, 5.74) is 2.14. The van der Waals surface area contributed by atoms with E-state index in [0.717, 1.165) is 5.56 Å². The van der Waals surface area contributed by atoms with E-state index in [1.54, 1.807) is 42.4 Å². The van der Waals surface area contributed by atoms with Gasteiger partial charge in [-0.25, -0.2) is 9.18 Å². The average molecular weight is 536 g/mol. The van der Waals surface area contributed by atoms with Gasteiger partial charge in [0.25, 0.3) is 5.91 Å². The number of hydrogen-bond donors (Lipinski definition) is 3. The molecule has 9 nitrogen and oxygen atoms in total. The lowest BCUT2D eigenvalue weighted by Crippen LogP contribution is -2.49. The second kappa shape index (κ2) is 12.7.